The third-order valence-electron chi connectivity index (χ3n) is 4.90. The molecule has 1 amide bonds. The van der Waals surface area contributed by atoms with Crippen molar-refractivity contribution < 1.29 is 9.59 Å². The number of piperidine rings is 1. The summed E-state index contributed by atoms with van der Waals surface area (Å²) in [6.45, 7) is 5.03. The largest absolute Gasteiger partial charge is 0.325 e. The number of nitrogens with zero attached hydrogens (tertiary/aromatic N) is 1. The Hall–Kier alpha value is -1.72. The second-order valence-electron chi connectivity index (χ2n) is 7.09. The average molecular weight is 329 g/mol. The first-order valence-electron chi connectivity index (χ1n) is 8.97. The number of Topliss-reactive ketones (excluding diaryl/α,β-unsaturated/α-hetero) is 1. The lowest BCUT2D eigenvalue weighted by Gasteiger charge is -2.32. The van der Waals surface area contributed by atoms with Crippen LogP contribution < -0.4 is 10.6 Å². The van der Waals surface area contributed by atoms with Crippen molar-refractivity contribution in [2.75, 3.05) is 31.5 Å². The van der Waals surface area contributed by atoms with Crippen molar-refractivity contribution in [2.24, 2.45) is 5.92 Å². The SMILES string of the molecule is CC(=O)c1cccc(NC(=O)CN2CCC(NCC3CC3)CC2)c1. The Bertz CT molecular complexity index is 590. The summed E-state index contributed by atoms with van der Waals surface area (Å²) in [7, 11) is 0. The standard InChI is InChI=1S/C19H27N3O2/c1-14(23)16-3-2-4-18(11-16)21-19(24)13-22-9-7-17(8-10-22)20-12-15-5-6-15/h2-4,11,15,17,20H,5-10,12-13H2,1H3,(H,21,24). The topological polar surface area (TPSA) is 61.4 Å². The number of carbonyl (C=O) groups excluding carboxylic acids is 2. The number of hydrogen-bond acceptors (Lipinski definition) is 4. The Morgan fingerprint density at radius 3 is 2.58 bits per heavy atom. The average Bonchev–Trinajstić information content (AvgIpc) is 3.39. The highest BCUT2D eigenvalue weighted by Crippen LogP contribution is 2.28. The van der Waals surface area contributed by atoms with E-state index in [9.17, 15) is 9.59 Å². The molecule has 2 aliphatic rings. The number of benzene rings is 1. The number of nitrogens with one attached hydrogen (secondary N) is 2. The Balaban J connectivity index is 1.40. The lowest BCUT2D eigenvalue weighted by molar-refractivity contribution is -0.117. The molecule has 0 bridgehead atoms. The van der Waals surface area contributed by atoms with Gasteiger partial charge in [-0.2, -0.15) is 0 Å². The fraction of sp³-hybridized carbons (Fsp3) is 0.579. The quantitative estimate of drug-likeness (QED) is 0.754. The number of anilines is 1. The van der Waals surface area contributed by atoms with Crippen molar-refractivity contribution in [3.05, 3.63) is 29.8 Å². The molecule has 1 saturated heterocycles. The maximum absolute atomic E-state index is 12.2. The molecule has 3 rings (SSSR count). The zero-order valence-corrected chi connectivity index (χ0v) is 14.4. The van der Waals surface area contributed by atoms with Gasteiger partial charge in [0.05, 0.1) is 6.54 Å². The van der Waals surface area contributed by atoms with Crippen molar-refractivity contribution in [2.45, 2.75) is 38.6 Å². The van der Waals surface area contributed by atoms with Gasteiger partial charge in [0.2, 0.25) is 5.91 Å². The summed E-state index contributed by atoms with van der Waals surface area (Å²) >= 11 is 0. The van der Waals surface area contributed by atoms with Gasteiger partial charge in [0.1, 0.15) is 0 Å². The van der Waals surface area contributed by atoms with E-state index in [4.69, 9.17) is 0 Å². The van der Waals surface area contributed by atoms with Gasteiger partial charge in [-0.15, -0.1) is 0 Å². The molecule has 1 heterocycles. The zero-order valence-electron chi connectivity index (χ0n) is 14.4. The van der Waals surface area contributed by atoms with Gasteiger partial charge in [-0.3, -0.25) is 14.5 Å². The molecule has 5 heteroatoms. The second kappa shape index (κ2) is 7.90. The van der Waals surface area contributed by atoms with Crippen molar-refractivity contribution in [3.63, 3.8) is 0 Å². The van der Waals surface area contributed by atoms with Gasteiger partial charge in [-0.1, -0.05) is 12.1 Å². The Morgan fingerprint density at radius 1 is 1.17 bits per heavy atom. The second-order valence-corrected chi connectivity index (χ2v) is 7.09. The van der Waals surface area contributed by atoms with Crippen molar-refractivity contribution in [3.8, 4) is 0 Å². The van der Waals surface area contributed by atoms with Gasteiger partial charge >= 0.3 is 0 Å². The van der Waals surface area contributed by atoms with Crippen molar-refractivity contribution in [1.82, 2.24) is 10.2 Å². The number of ketones is 1. The zero-order chi connectivity index (χ0) is 16.9. The molecule has 5 nitrogen and oxygen atoms in total. The van der Waals surface area contributed by atoms with E-state index in [1.54, 1.807) is 18.2 Å². The molecule has 1 aromatic rings. The van der Waals surface area contributed by atoms with Gasteiger partial charge in [-0.25, -0.2) is 0 Å². The minimum Gasteiger partial charge on any atom is -0.325 e. The Morgan fingerprint density at radius 2 is 1.92 bits per heavy atom. The summed E-state index contributed by atoms with van der Waals surface area (Å²) in [5, 5.41) is 6.55. The first-order chi connectivity index (χ1) is 11.6. The predicted molar refractivity (Wildman–Crippen MR) is 95.3 cm³/mol. The lowest BCUT2D eigenvalue weighted by atomic mass is 10.0. The van der Waals surface area contributed by atoms with E-state index in [1.165, 1.54) is 19.8 Å². The Kier molecular flexibility index (Phi) is 5.63. The van der Waals surface area contributed by atoms with Gasteiger partial charge in [0.25, 0.3) is 0 Å². The van der Waals surface area contributed by atoms with Crippen LogP contribution in [-0.2, 0) is 4.79 Å². The van der Waals surface area contributed by atoms with Crippen molar-refractivity contribution in [1.29, 1.82) is 0 Å². The molecular formula is C19H27N3O2. The van der Waals surface area contributed by atoms with E-state index in [0.717, 1.165) is 38.4 Å². The third-order valence-corrected chi connectivity index (χ3v) is 4.90. The van der Waals surface area contributed by atoms with Crippen LogP contribution in [0.2, 0.25) is 0 Å². The molecule has 0 aromatic heterocycles. The van der Waals surface area contributed by atoms with Gasteiger partial charge in [0, 0.05) is 30.4 Å². The number of amides is 1. The van der Waals surface area contributed by atoms with Gasteiger partial charge in [-0.05, 0) is 57.2 Å². The number of rotatable bonds is 7. The summed E-state index contributed by atoms with van der Waals surface area (Å²) in [6.07, 6.45) is 4.99. The molecule has 1 aliphatic heterocycles. The van der Waals surface area contributed by atoms with E-state index in [0.29, 0.717) is 23.8 Å². The Labute approximate surface area is 143 Å². The number of hydrogen-bond donors (Lipinski definition) is 2. The predicted octanol–water partition coefficient (Wildman–Crippen LogP) is 2.29. The third kappa shape index (κ3) is 5.14. The monoisotopic (exact) mass is 329 g/mol. The summed E-state index contributed by atoms with van der Waals surface area (Å²) in [5.41, 5.74) is 1.31. The maximum Gasteiger partial charge on any atom is 0.238 e. The number of likely N-dealkylation sites (tertiary alicyclic amines) is 1. The van der Waals surface area contributed by atoms with Crippen LogP contribution in [0.15, 0.2) is 24.3 Å². The molecule has 0 spiro atoms. The summed E-state index contributed by atoms with van der Waals surface area (Å²) < 4.78 is 0. The van der Waals surface area contributed by atoms with Crippen LogP contribution in [0.3, 0.4) is 0 Å². The first-order valence-corrected chi connectivity index (χ1v) is 8.97. The molecule has 2 N–H and O–H groups in total. The molecule has 2 fully saturated rings. The fourth-order valence-corrected chi connectivity index (χ4v) is 3.17. The van der Waals surface area contributed by atoms with Crippen LogP contribution in [0.4, 0.5) is 5.69 Å². The molecule has 0 unspecified atom stereocenters. The van der Waals surface area contributed by atoms with Crippen LogP contribution >= 0.6 is 0 Å². The molecule has 0 radical (unpaired) electrons. The number of carbonyl (C=O) groups is 2. The van der Waals surface area contributed by atoms with E-state index in [1.807, 2.05) is 6.07 Å². The van der Waals surface area contributed by atoms with Crippen LogP contribution in [0.25, 0.3) is 0 Å². The molecule has 1 aromatic carbocycles. The van der Waals surface area contributed by atoms with Crippen molar-refractivity contribution >= 4 is 17.4 Å². The normalized spacial score (nSPS) is 19.2. The van der Waals surface area contributed by atoms with Crippen LogP contribution in [0.5, 0.6) is 0 Å². The molecule has 24 heavy (non-hydrogen) atoms. The van der Waals surface area contributed by atoms with Gasteiger partial charge < -0.3 is 10.6 Å². The molecule has 0 atom stereocenters. The molecule has 130 valence electrons. The highest BCUT2D eigenvalue weighted by molar-refractivity contribution is 5.97. The highest BCUT2D eigenvalue weighted by atomic mass is 16.2. The van der Waals surface area contributed by atoms with Crippen LogP contribution in [-0.4, -0.2) is 48.8 Å². The smallest absolute Gasteiger partial charge is 0.238 e. The van der Waals surface area contributed by atoms with E-state index < -0.39 is 0 Å². The molecular weight excluding hydrogens is 302 g/mol. The van der Waals surface area contributed by atoms with Crippen LogP contribution in [0, 0.1) is 5.92 Å². The minimum atomic E-state index is -0.0138. The van der Waals surface area contributed by atoms with E-state index in [2.05, 4.69) is 15.5 Å². The summed E-state index contributed by atoms with van der Waals surface area (Å²) in [4.78, 5) is 25.8. The molecule has 1 saturated carbocycles. The minimum absolute atomic E-state index is 0.00636. The summed E-state index contributed by atoms with van der Waals surface area (Å²) in [6, 6.07) is 7.71. The maximum atomic E-state index is 12.2. The van der Waals surface area contributed by atoms with E-state index >= 15 is 0 Å². The summed E-state index contributed by atoms with van der Waals surface area (Å²) in [5.74, 6) is 0.909. The van der Waals surface area contributed by atoms with Gasteiger partial charge in [0.15, 0.2) is 5.78 Å². The first kappa shape index (κ1) is 17.1. The lowest BCUT2D eigenvalue weighted by Crippen LogP contribution is -2.45. The fourth-order valence-electron chi connectivity index (χ4n) is 3.17. The molecule has 1 aliphatic carbocycles. The van der Waals surface area contributed by atoms with E-state index in [-0.39, 0.29) is 11.7 Å². The van der Waals surface area contributed by atoms with Crippen LogP contribution in [0.1, 0.15) is 43.0 Å². The highest BCUT2D eigenvalue weighted by Gasteiger charge is 2.25.